The fourth-order valence-electron chi connectivity index (χ4n) is 5.30. The topological polar surface area (TPSA) is 0 Å². The predicted octanol–water partition coefficient (Wildman–Crippen LogP) is 4.16. The Morgan fingerprint density at radius 3 is 1.80 bits per heavy atom. The van der Waals surface area contributed by atoms with Gasteiger partial charge in [-0.25, -0.2) is 12.2 Å². The van der Waals surface area contributed by atoms with E-state index in [0.717, 1.165) is 25.7 Å². The predicted molar refractivity (Wildman–Crippen MR) is 178 cm³/mol. The minimum atomic E-state index is 0. The molecule has 0 fully saturated rings. The van der Waals surface area contributed by atoms with Crippen molar-refractivity contribution in [2.75, 3.05) is 0 Å². The van der Waals surface area contributed by atoms with Crippen LogP contribution >= 0.6 is 0 Å². The van der Waals surface area contributed by atoms with Gasteiger partial charge in [-0.3, -0.25) is 6.08 Å². The Hall–Kier alpha value is -2.31. The Morgan fingerprint density at radius 1 is 0.750 bits per heavy atom. The maximum atomic E-state index is 3.55. The van der Waals surface area contributed by atoms with Crippen molar-refractivity contribution < 1.29 is 49.0 Å². The molecule has 228 valence electrons. The second kappa shape index (κ2) is 17.4. The number of rotatable bonds is 4. The molecule has 0 spiro atoms. The quantitative estimate of drug-likeness (QED) is 0.248. The minimum absolute atomic E-state index is 0. The molecular weight excluding hydrogens is 655 g/mol. The van der Waals surface area contributed by atoms with Crippen LogP contribution in [0.15, 0.2) is 109 Å². The van der Waals surface area contributed by atoms with E-state index in [2.05, 4.69) is 151 Å². The van der Waals surface area contributed by atoms with Crippen molar-refractivity contribution >= 4 is 3.21 Å². The Bertz CT molecular complexity index is 1480. The fourth-order valence-corrected chi connectivity index (χ4v) is 6.30. The second-order valence-electron chi connectivity index (χ2n) is 13.2. The van der Waals surface area contributed by atoms with Crippen LogP contribution in [0.25, 0.3) is 11.1 Å². The number of fused-ring (bicyclic) bond motifs is 3. The van der Waals surface area contributed by atoms with Crippen LogP contribution in [0.4, 0.5) is 0 Å². The first-order valence-corrected chi connectivity index (χ1v) is 16.3. The zero-order valence-electron chi connectivity index (χ0n) is 27.0. The molecule has 0 nitrogen and oxygen atoms in total. The second-order valence-corrected chi connectivity index (χ2v) is 15.0. The standard InChI is InChI=1S/C21H25.C15H14.C5H5.2ClH.Zr/c1-20(2,3)16-11-10-14-12-15-8-7-9-18(21(4,5)6)19(15)17(14)13-16;1-3-8-14(9-4-1)12-7-13-15-10-5-2-6-11-15;1-2-4-5-3-1;;;/h7-9,11,13H,12H2,1-6H3;1-6,8-11H,12-13H2;1-3H,4H2;2*1H;/q-1;;-1;;;+2/p-2. The van der Waals surface area contributed by atoms with Gasteiger partial charge in [0.15, 0.2) is 0 Å². The molecule has 0 heterocycles. The molecule has 0 unspecified atom stereocenters. The van der Waals surface area contributed by atoms with Gasteiger partial charge in [0.2, 0.25) is 0 Å². The van der Waals surface area contributed by atoms with Crippen molar-refractivity contribution in [3.8, 4) is 11.1 Å². The Balaban J connectivity index is 0.000000260. The maximum absolute atomic E-state index is 3.55. The van der Waals surface area contributed by atoms with E-state index in [1.165, 1.54) is 44.5 Å². The monoisotopic (exact) mass is 696 g/mol. The molecule has 0 atom stereocenters. The summed E-state index contributed by atoms with van der Waals surface area (Å²) in [6.07, 6.45) is 13.3. The van der Waals surface area contributed by atoms with Crippen LogP contribution in [0, 0.1) is 12.1 Å². The molecule has 0 aromatic heterocycles. The van der Waals surface area contributed by atoms with Crippen molar-refractivity contribution in [1.29, 1.82) is 0 Å². The van der Waals surface area contributed by atoms with Crippen LogP contribution in [0.2, 0.25) is 0 Å². The van der Waals surface area contributed by atoms with Gasteiger partial charge in [-0.15, -0.1) is 12.0 Å². The first kappa shape index (κ1) is 37.9. The average Bonchev–Trinajstić information content (AvgIpc) is 3.65. The third-order valence-electron chi connectivity index (χ3n) is 7.59. The molecule has 0 saturated heterocycles. The Morgan fingerprint density at radius 2 is 1.34 bits per heavy atom. The van der Waals surface area contributed by atoms with Gasteiger partial charge in [0.05, 0.1) is 0 Å². The van der Waals surface area contributed by atoms with Gasteiger partial charge in [-0.2, -0.15) is 35.4 Å². The van der Waals surface area contributed by atoms with E-state index in [9.17, 15) is 0 Å². The molecule has 44 heavy (non-hydrogen) atoms. The number of benzene rings is 4. The molecule has 0 radical (unpaired) electrons. The van der Waals surface area contributed by atoms with E-state index >= 15 is 0 Å². The summed E-state index contributed by atoms with van der Waals surface area (Å²) in [6, 6.07) is 36.3. The Kier molecular flexibility index (Phi) is 15.0. The van der Waals surface area contributed by atoms with Gasteiger partial charge in [-0.1, -0.05) is 70.7 Å². The van der Waals surface area contributed by atoms with E-state index in [1.54, 1.807) is 27.4 Å². The molecule has 2 aliphatic carbocycles. The van der Waals surface area contributed by atoms with E-state index in [0.29, 0.717) is 0 Å². The van der Waals surface area contributed by atoms with Crippen LogP contribution < -0.4 is 24.8 Å². The average molecular weight is 699 g/mol. The summed E-state index contributed by atoms with van der Waals surface area (Å²) in [7, 11) is 0. The molecule has 0 saturated carbocycles. The van der Waals surface area contributed by atoms with Crippen LogP contribution in [-0.4, -0.2) is 3.21 Å². The van der Waals surface area contributed by atoms with Gasteiger partial charge < -0.3 is 24.8 Å². The summed E-state index contributed by atoms with van der Waals surface area (Å²) < 4.78 is 1.60. The molecule has 3 heteroatoms. The van der Waals surface area contributed by atoms with E-state index in [4.69, 9.17) is 0 Å². The van der Waals surface area contributed by atoms with Gasteiger partial charge >= 0.3 is 112 Å². The van der Waals surface area contributed by atoms with Crippen molar-refractivity contribution in [2.45, 2.75) is 78.1 Å². The molecule has 0 bridgehead atoms. The van der Waals surface area contributed by atoms with E-state index in [1.807, 2.05) is 12.2 Å². The summed E-state index contributed by atoms with van der Waals surface area (Å²) in [5.41, 5.74) is 11.7. The molecule has 4 aromatic carbocycles. The molecular formula is C41H44Cl2Zr-2. The van der Waals surface area contributed by atoms with Crippen molar-refractivity contribution in [1.82, 2.24) is 0 Å². The summed E-state index contributed by atoms with van der Waals surface area (Å²) in [4.78, 5) is 0. The molecule has 0 amide bonds. The number of halogens is 2. The summed E-state index contributed by atoms with van der Waals surface area (Å²) in [5.74, 6) is 0. The summed E-state index contributed by atoms with van der Waals surface area (Å²) in [6.45, 7) is 13.7. The number of allylic oxidation sites excluding steroid dienone is 4. The normalized spacial score (nSPS) is 12.4. The zero-order valence-corrected chi connectivity index (χ0v) is 30.9. The number of hydrogen-bond acceptors (Lipinski definition) is 0. The van der Waals surface area contributed by atoms with Crippen LogP contribution in [-0.2, 0) is 54.3 Å². The van der Waals surface area contributed by atoms with E-state index in [-0.39, 0.29) is 35.6 Å². The zero-order chi connectivity index (χ0) is 30.2. The van der Waals surface area contributed by atoms with E-state index < -0.39 is 0 Å². The van der Waals surface area contributed by atoms with Crippen molar-refractivity contribution in [2.24, 2.45) is 0 Å². The molecule has 0 aliphatic heterocycles. The molecule has 0 N–H and O–H groups in total. The number of hydrogen-bond donors (Lipinski definition) is 0. The molecule has 6 rings (SSSR count). The molecule has 2 aliphatic rings. The SMILES string of the molecule is CC(C)(C)c1c[c-]c2c(c1)-c1c(cccc1C(C)(C)C)C2.[C-]1=CC=CC1.[Cl-].[Cl-].[Zr+2]=[C](Cc1ccccc1)Cc1ccccc1. The first-order valence-electron chi connectivity index (χ1n) is 15.1. The van der Waals surface area contributed by atoms with Gasteiger partial charge in [0, 0.05) is 0 Å². The van der Waals surface area contributed by atoms with Crippen molar-refractivity contribution in [3.63, 3.8) is 0 Å². The Labute approximate surface area is 294 Å². The van der Waals surface area contributed by atoms with Crippen molar-refractivity contribution in [3.05, 3.63) is 155 Å². The fraction of sp³-hybridized carbons (Fsp3) is 0.293. The first-order chi connectivity index (χ1) is 20.0. The summed E-state index contributed by atoms with van der Waals surface area (Å²) in [5, 5.41) is 0. The molecule has 4 aromatic rings. The summed E-state index contributed by atoms with van der Waals surface area (Å²) >= 11 is 1.55. The third kappa shape index (κ3) is 10.9. The van der Waals surface area contributed by atoms with Gasteiger partial charge in [0.1, 0.15) is 0 Å². The van der Waals surface area contributed by atoms with Crippen LogP contribution in [0.3, 0.4) is 0 Å². The van der Waals surface area contributed by atoms with Gasteiger partial charge in [-0.05, 0) is 23.0 Å². The van der Waals surface area contributed by atoms with Crippen LogP contribution in [0.1, 0.15) is 81.3 Å². The van der Waals surface area contributed by atoms with Crippen LogP contribution in [0.5, 0.6) is 0 Å². The van der Waals surface area contributed by atoms with Gasteiger partial charge in [0.25, 0.3) is 0 Å². The third-order valence-corrected chi connectivity index (χ3v) is 8.46.